The average molecular weight is 280 g/mol. The molecule has 3 heteroatoms. The maximum atomic E-state index is 11.2. The molecule has 3 aliphatic heterocycles. The molecule has 4 rings (SSSR count). The van der Waals surface area contributed by atoms with E-state index < -0.39 is 5.60 Å². The normalized spacial score (nSPS) is 29.3. The lowest BCUT2D eigenvalue weighted by atomic mass is 9.69. The maximum Gasteiger partial charge on any atom is 0.131 e. The number of aryl methyl sites for hydroxylation is 2. The van der Waals surface area contributed by atoms with Crippen LogP contribution in [0.2, 0.25) is 0 Å². The molecular formula is C16H22ClNO. The molecule has 3 aliphatic rings. The van der Waals surface area contributed by atoms with Crippen molar-refractivity contribution in [2.24, 2.45) is 5.92 Å². The molecule has 0 radical (unpaired) electrons. The van der Waals surface area contributed by atoms with Crippen molar-refractivity contribution in [3.05, 3.63) is 47.2 Å². The summed E-state index contributed by atoms with van der Waals surface area (Å²) >= 11 is 0. The molecule has 3 heterocycles. The van der Waals surface area contributed by atoms with Gasteiger partial charge in [-0.15, -0.1) is 12.4 Å². The van der Waals surface area contributed by atoms with Crippen LogP contribution in [-0.4, -0.2) is 23.1 Å². The van der Waals surface area contributed by atoms with Gasteiger partial charge in [-0.2, -0.15) is 0 Å². The number of aliphatic hydroxyl groups is 1. The number of hydrogen-bond donors (Lipinski definition) is 1. The van der Waals surface area contributed by atoms with Crippen LogP contribution in [0.3, 0.4) is 0 Å². The van der Waals surface area contributed by atoms with Crippen LogP contribution in [0.5, 0.6) is 0 Å². The van der Waals surface area contributed by atoms with Gasteiger partial charge in [-0.25, -0.2) is 0 Å². The molecule has 19 heavy (non-hydrogen) atoms. The molecule has 1 atom stereocenters. The summed E-state index contributed by atoms with van der Waals surface area (Å²) in [6.45, 7) is 10.5. The van der Waals surface area contributed by atoms with E-state index >= 15 is 0 Å². The summed E-state index contributed by atoms with van der Waals surface area (Å²) in [6.07, 6.45) is 2.14. The molecule has 0 saturated carbocycles. The van der Waals surface area contributed by atoms with Gasteiger partial charge >= 0.3 is 0 Å². The summed E-state index contributed by atoms with van der Waals surface area (Å²) in [5.74, 6) is 0.331. The first-order valence-electron chi connectivity index (χ1n) is 6.78. The predicted octanol–water partition coefficient (Wildman–Crippen LogP) is 3.15. The van der Waals surface area contributed by atoms with Crippen LogP contribution in [0.15, 0.2) is 30.5 Å². The molecule has 2 bridgehead atoms. The number of hydrogen-bond acceptors (Lipinski definition) is 2. The summed E-state index contributed by atoms with van der Waals surface area (Å²) in [5.41, 5.74) is 3.59. The largest absolute Gasteiger partial charge is 0.379 e. The summed E-state index contributed by atoms with van der Waals surface area (Å²) in [4.78, 5) is 2.25. The van der Waals surface area contributed by atoms with Gasteiger partial charge in [0.25, 0.3) is 0 Å². The van der Waals surface area contributed by atoms with E-state index in [1.807, 2.05) is 0 Å². The molecule has 1 N–H and O–H groups in total. The Morgan fingerprint density at radius 2 is 1.84 bits per heavy atom. The lowest BCUT2D eigenvalue weighted by Gasteiger charge is -2.53. The Kier molecular flexibility index (Phi) is 3.67. The average Bonchev–Trinajstić information content (AvgIpc) is 2.39. The molecule has 104 valence electrons. The van der Waals surface area contributed by atoms with Crippen molar-refractivity contribution in [3.8, 4) is 0 Å². The Morgan fingerprint density at radius 3 is 2.37 bits per heavy atom. The second-order valence-electron chi connectivity index (χ2n) is 5.77. The lowest BCUT2D eigenvalue weighted by molar-refractivity contribution is -0.0760. The summed E-state index contributed by atoms with van der Waals surface area (Å²) in [5, 5.41) is 11.2. The standard InChI is InChI=1S/C16H21NO.ClH/c1-11-4-5-15(10-12(11)2)16(18)13(3)17-8-6-14(16)7-9-17;/h4-5,10,14,18H,3,6-9H2,1-2H3;1H. The summed E-state index contributed by atoms with van der Waals surface area (Å²) in [6, 6.07) is 6.30. The zero-order chi connectivity index (χ0) is 12.9. The minimum Gasteiger partial charge on any atom is -0.379 e. The molecule has 1 aromatic carbocycles. The van der Waals surface area contributed by atoms with E-state index in [0.29, 0.717) is 5.92 Å². The molecule has 1 unspecified atom stereocenters. The number of rotatable bonds is 1. The van der Waals surface area contributed by atoms with Gasteiger partial charge in [0.2, 0.25) is 0 Å². The Labute approximate surface area is 121 Å². The highest BCUT2D eigenvalue weighted by molar-refractivity contribution is 5.85. The Balaban J connectivity index is 0.00000133. The van der Waals surface area contributed by atoms with Crippen LogP contribution in [-0.2, 0) is 5.60 Å². The van der Waals surface area contributed by atoms with Gasteiger partial charge in [0, 0.05) is 24.7 Å². The van der Waals surface area contributed by atoms with Crippen molar-refractivity contribution in [2.75, 3.05) is 13.1 Å². The van der Waals surface area contributed by atoms with Crippen LogP contribution >= 0.6 is 12.4 Å². The van der Waals surface area contributed by atoms with Crippen LogP contribution < -0.4 is 0 Å². The zero-order valence-corrected chi connectivity index (χ0v) is 12.5. The highest BCUT2D eigenvalue weighted by Crippen LogP contribution is 2.48. The Bertz CT molecular complexity index is 505. The highest BCUT2D eigenvalue weighted by Gasteiger charge is 2.49. The van der Waals surface area contributed by atoms with Crippen molar-refractivity contribution in [2.45, 2.75) is 32.3 Å². The van der Waals surface area contributed by atoms with E-state index in [0.717, 1.165) is 37.2 Å². The number of benzene rings is 1. The van der Waals surface area contributed by atoms with Crippen molar-refractivity contribution in [3.63, 3.8) is 0 Å². The van der Waals surface area contributed by atoms with E-state index in [2.05, 4.69) is 43.5 Å². The quantitative estimate of drug-likeness (QED) is 0.854. The fourth-order valence-electron chi connectivity index (χ4n) is 3.42. The van der Waals surface area contributed by atoms with Crippen LogP contribution in [0.1, 0.15) is 29.5 Å². The maximum absolute atomic E-state index is 11.2. The van der Waals surface area contributed by atoms with E-state index in [-0.39, 0.29) is 12.4 Å². The lowest BCUT2D eigenvalue weighted by Crippen LogP contribution is -2.54. The minimum atomic E-state index is -0.838. The van der Waals surface area contributed by atoms with Crippen molar-refractivity contribution >= 4 is 12.4 Å². The number of halogens is 1. The fraction of sp³-hybridized carbons (Fsp3) is 0.500. The number of nitrogens with zero attached hydrogens (tertiary/aromatic N) is 1. The molecular weight excluding hydrogens is 258 g/mol. The van der Waals surface area contributed by atoms with E-state index in [9.17, 15) is 5.11 Å². The van der Waals surface area contributed by atoms with Crippen molar-refractivity contribution < 1.29 is 5.11 Å². The highest BCUT2D eigenvalue weighted by atomic mass is 35.5. The fourth-order valence-corrected chi connectivity index (χ4v) is 3.42. The van der Waals surface area contributed by atoms with Gasteiger partial charge in [-0.1, -0.05) is 24.8 Å². The number of fused-ring (bicyclic) bond motifs is 3. The molecule has 0 amide bonds. The smallest absolute Gasteiger partial charge is 0.131 e. The second kappa shape index (κ2) is 4.84. The molecule has 2 nitrogen and oxygen atoms in total. The Hall–Kier alpha value is -0.990. The third kappa shape index (κ3) is 1.98. The van der Waals surface area contributed by atoms with Gasteiger partial charge in [0.05, 0.1) is 0 Å². The van der Waals surface area contributed by atoms with E-state index in [1.54, 1.807) is 0 Å². The zero-order valence-electron chi connectivity index (χ0n) is 11.6. The first kappa shape index (κ1) is 14.4. The van der Waals surface area contributed by atoms with Gasteiger partial charge in [0.1, 0.15) is 5.60 Å². The van der Waals surface area contributed by atoms with Crippen LogP contribution in [0.25, 0.3) is 0 Å². The second-order valence-corrected chi connectivity index (χ2v) is 5.77. The summed E-state index contributed by atoms with van der Waals surface area (Å²) < 4.78 is 0. The van der Waals surface area contributed by atoms with Gasteiger partial charge in [-0.05, 0) is 43.4 Å². The van der Waals surface area contributed by atoms with Crippen LogP contribution in [0.4, 0.5) is 0 Å². The van der Waals surface area contributed by atoms with Crippen LogP contribution in [0, 0.1) is 19.8 Å². The molecule has 3 fully saturated rings. The third-order valence-corrected chi connectivity index (χ3v) is 4.85. The topological polar surface area (TPSA) is 23.5 Å². The van der Waals surface area contributed by atoms with Crippen molar-refractivity contribution in [1.29, 1.82) is 0 Å². The first-order chi connectivity index (χ1) is 8.53. The number of piperidine rings is 3. The molecule has 1 aromatic rings. The predicted molar refractivity (Wildman–Crippen MR) is 80.5 cm³/mol. The van der Waals surface area contributed by atoms with Gasteiger partial charge in [0.15, 0.2) is 0 Å². The molecule has 3 saturated heterocycles. The SMILES string of the molecule is C=C1N2CCC(CC2)C1(O)c1ccc(C)c(C)c1.Cl. The molecule has 0 aliphatic carbocycles. The van der Waals surface area contributed by atoms with E-state index in [1.165, 1.54) is 11.1 Å². The Morgan fingerprint density at radius 1 is 1.21 bits per heavy atom. The monoisotopic (exact) mass is 279 g/mol. The molecule has 0 aromatic heterocycles. The van der Waals surface area contributed by atoms with E-state index in [4.69, 9.17) is 0 Å². The summed E-state index contributed by atoms with van der Waals surface area (Å²) in [7, 11) is 0. The van der Waals surface area contributed by atoms with Gasteiger partial charge in [-0.3, -0.25) is 0 Å². The minimum absolute atomic E-state index is 0. The molecule has 0 spiro atoms. The van der Waals surface area contributed by atoms with Gasteiger partial charge < -0.3 is 10.0 Å². The third-order valence-electron chi connectivity index (χ3n) is 4.85. The van der Waals surface area contributed by atoms with Crippen molar-refractivity contribution in [1.82, 2.24) is 4.90 Å². The first-order valence-corrected chi connectivity index (χ1v) is 6.78.